The number of aromatic nitrogens is 3. The van der Waals surface area contributed by atoms with E-state index in [1.54, 1.807) is 24.3 Å². The third-order valence-electron chi connectivity index (χ3n) is 4.25. The molecule has 1 N–H and O–H groups in total. The second-order valence-electron chi connectivity index (χ2n) is 6.34. The summed E-state index contributed by atoms with van der Waals surface area (Å²) in [7, 11) is 1.84. The van der Waals surface area contributed by atoms with Crippen molar-refractivity contribution in [2.24, 2.45) is 7.05 Å². The molecule has 29 heavy (non-hydrogen) atoms. The second-order valence-corrected chi connectivity index (χ2v) is 8.10. The number of amides is 1. The minimum atomic E-state index is -0.357. The molecule has 0 spiro atoms. The summed E-state index contributed by atoms with van der Waals surface area (Å²) in [6, 6.07) is 12.7. The smallest absolute Gasteiger partial charge is 0.234 e. The third kappa shape index (κ3) is 5.23. The molecule has 2 aromatic carbocycles. The molecule has 1 amide bonds. The highest BCUT2D eigenvalue weighted by atomic mass is 35.5. The van der Waals surface area contributed by atoms with E-state index >= 15 is 0 Å². The Labute approximate surface area is 183 Å². The number of nitrogens with zero attached hydrogens (tertiary/aromatic N) is 3. The van der Waals surface area contributed by atoms with E-state index in [0.29, 0.717) is 32.5 Å². The Morgan fingerprint density at radius 2 is 1.90 bits per heavy atom. The Hall–Kier alpha value is -2.22. The molecule has 1 unspecified atom stereocenters. The van der Waals surface area contributed by atoms with E-state index in [0.717, 1.165) is 5.56 Å². The maximum Gasteiger partial charge on any atom is 0.234 e. The molecule has 6 nitrogen and oxygen atoms in total. The number of nitrogens with one attached hydrogen (secondary N) is 1. The van der Waals surface area contributed by atoms with E-state index in [1.807, 2.05) is 43.7 Å². The van der Waals surface area contributed by atoms with Gasteiger partial charge in [0.1, 0.15) is 5.75 Å². The summed E-state index contributed by atoms with van der Waals surface area (Å²) in [6.07, 6.45) is -0.357. The molecule has 3 rings (SSSR count). The largest absolute Gasteiger partial charge is 0.481 e. The third-order valence-corrected chi connectivity index (χ3v) is 5.99. The molecule has 3 aromatic rings. The Morgan fingerprint density at radius 3 is 2.66 bits per heavy atom. The molecule has 0 radical (unpaired) electrons. The zero-order valence-corrected chi connectivity index (χ0v) is 18.5. The van der Waals surface area contributed by atoms with Crippen LogP contribution in [0, 0.1) is 6.92 Å². The average Bonchev–Trinajstić information content (AvgIpc) is 3.06. The fraction of sp³-hybridized carbons (Fsp3) is 0.250. The van der Waals surface area contributed by atoms with Gasteiger partial charge >= 0.3 is 0 Å². The van der Waals surface area contributed by atoms with Crippen molar-refractivity contribution in [3.63, 3.8) is 0 Å². The lowest BCUT2D eigenvalue weighted by Crippen LogP contribution is -2.15. The van der Waals surface area contributed by atoms with Crippen molar-refractivity contribution in [3.05, 3.63) is 63.9 Å². The van der Waals surface area contributed by atoms with Crippen molar-refractivity contribution in [2.75, 3.05) is 11.1 Å². The fourth-order valence-electron chi connectivity index (χ4n) is 2.65. The normalized spacial score (nSPS) is 11.9. The zero-order valence-electron chi connectivity index (χ0n) is 16.1. The number of carbonyl (C=O) groups excluding carboxylic acids is 1. The topological polar surface area (TPSA) is 69.0 Å². The standard InChI is InChI=1S/C20H20Cl2N4O2S/c1-12-14(21)8-6-9-16(12)23-18(27)11-29-20-25-24-19(26(20)3)13(2)28-17-10-5-4-7-15(17)22/h4-10,13H,11H2,1-3H3,(H,23,27). The molecular weight excluding hydrogens is 431 g/mol. The Balaban J connectivity index is 1.61. The first-order valence-electron chi connectivity index (χ1n) is 8.85. The number of thioether (sulfide) groups is 1. The molecule has 0 aliphatic carbocycles. The molecule has 0 saturated heterocycles. The summed E-state index contributed by atoms with van der Waals surface area (Å²) in [5.74, 6) is 1.26. The molecule has 152 valence electrons. The van der Waals surface area contributed by atoms with Crippen molar-refractivity contribution in [2.45, 2.75) is 25.1 Å². The van der Waals surface area contributed by atoms with Crippen molar-refractivity contribution in [3.8, 4) is 5.75 Å². The molecule has 1 atom stereocenters. The molecule has 9 heteroatoms. The van der Waals surface area contributed by atoms with Crippen LogP contribution in [0.15, 0.2) is 47.6 Å². The summed E-state index contributed by atoms with van der Waals surface area (Å²) in [5.41, 5.74) is 1.53. The van der Waals surface area contributed by atoms with Crippen LogP contribution in [0.25, 0.3) is 0 Å². The lowest BCUT2D eigenvalue weighted by Gasteiger charge is -2.15. The Morgan fingerprint density at radius 1 is 1.17 bits per heavy atom. The van der Waals surface area contributed by atoms with Crippen LogP contribution in [0.5, 0.6) is 5.75 Å². The summed E-state index contributed by atoms with van der Waals surface area (Å²) in [4.78, 5) is 12.3. The predicted octanol–water partition coefficient (Wildman–Crippen LogP) is 5.30. The van der Waals surface area contributed by atoms with Gasteiger partial charge in [0.15, 0.2) is 17.1 Å². The molecule has 1 heterocycles. The monoisotopic (exact) mass is 450 g/mol. The average molecular weight is 451 g/mol. The fourth-order valence-corrected chi connectivity index (χ4v) is 3.72. The molecule has 0 aliphatic rings. The van der Waals surface area contributed by atoms with E-state index in [2.05, 4.69) is 15.5 Å². The van der Waals surface area contributed by atoms with Crippen molar-refractivity contribution < 1.29 is 9.53 Å². The van der Waals surface area contributed by atoms with Crippen LogP contribution in [0.3, 0.4) is 0 Å². The van der Waals surface area contributed by atoms with Gasteiger partial charge in [-0.1, -0.05) is 53.2 Å². The second kappa shape index (κ2) is 9.52. The van der Waals surface area contributed by atoms with E-state index < -0.39 is 0 Å². The summed E-state index contributed by atoms with van der Waals surface area (Å²) >= 11 is 13.5. The molecule has 0 fully saturated rings. The van der Waals surface area contributed by atoms with Gasteiger partial charge in [-0.15, -0.1) is 10.2 Å². The highest BCUT2D eigenvalue weighted by Crippen LogP contribution is 2.29. The van der Waals surface area contributed by atoms with Gasteiger partial charge in [-0.25, -0.2) is 0 Å². The van der Waals surface area contributed by atoms with Gasteiger partial charge in [0, 0.05) is 17.8 Å². The van der Waals surface area contributed by atoms with Crippen molar-refractivity contribution in [1.82, 2.24) is 14.8 Å². The van der Waals surface area contributed by atoms with Crippen LogP contribution >= 0.6 is 35.0 Å². The summed E-state index contributed by atoms with van der Waals surface area (Å²) in [5, 5.41) is 13.0. The number of rotatable bonds is 7. The van der Waals surface area contributed by atoms with Gasteiger partial charge < -0.3 is 14.6 Å². The SMILES string of the molecule is Cc1c(Cl)cccc1NC(=O)CSc1nnc(C(C)Oc2ccccc2Cl)n1C. The van der Waals surface area contributed by atoms with E-state index in [9.17, 15) is 4.79 Å². The highest BCUT2D eigenvalue weighted by Gasteiger charge is 2.19. The number of carbonyl (C=O) groups is 1. The van der Waals surface area contributed by atoms with Crippen LogP contribution in [0.1, 0.15) is 24.4 Å². The molecule has 1 aromatic heterocycles. The number of para-hydroxylation sites is 1. The maximum absolute atomic E-state index is 12.3. The number of hydrogen-bond acceptors (Lipinski definition) is 5. The lowest BCUT2D eigenvalue weighted by atomic mass is 10.2. The van der Waals surface area contributed by atoms with Gasteiger partial charge in [0.25, 0.3) is 0 Å². The van der Waals surface area contributed by atoms with E-state index in [-0.39, 0.29) is 17.8 Å². The predicted molar refractivity (Wildman–Crippen MR) is 117 cm³/mol. The van der Waals surface area contributed by atoms with Gasteiger partial charge in [0.2, 0.25) is 5.91 Å². The van der Waals surface area contributed by atoms with Crippen LogP contribution in [-0.4, -0.2) is 26.4 Å². The van der Waals surface area contributed by atoms with E-state index in [4.69, 9.17) is 27.9 Å². The van der Waals surface area contributed by atoms with Gasteiger partial charge in [-0.2, -0.15) is 0 Å². The minimum absolute atomic E-state index is 0.148. The number of ether oxygens (including phenoxy) is 1. The highest BCUT2D eigenvalue weighted by molar-refractivity contribution is 7.99. The number of hydrogen-bond donors (Lipinski definition) is 1. The maximum atomic E-state index is 12.3. The van der Waals surface area contributed by atoms with Crippen LogP contribution in [0.4, 0.5) is 5.69 Å². The number of halogens is 2. The summed E-state index contributed by atoms with van der Waals surface area (Å²) in [6.45, 7) is 3.73. The van der Waals surface area contributed by atoms with Gasteiger partial charge in [-0.05, 0) is 43.7 Å². The van der Waals surface area contributed by atoms with Crippen LogP contribution in [-0.2, 0) is 11.8 Å². The quantitative estimate of drug-likeness (QED) is 0.494. The Bertz CT molecular complexity index is 1030. The molecular formula is C20H20Cl2N4O2S. The Kier molecular flexibility index (Phi) is 7.05. The number of benzene rings is 2. The van der Waals surface area contributed by atoms with E-state index in [1.165, 1.54) is 11.8 Å². The van der Waals surface area contributed by atoms with Gasteiger partial charge in [-0.3, -0.25) is 4.79 Å². The molecule has 0 bridgehead atoms. The van der Waals surface area contributed by atoms with Crippen LogP contribution < -0.4 is 10.1 Å². The lowest BCUT2D eigenvalue weighted by molar-refractivity contribution is -0.113. The zero-order chi connectivity index (χ0) is 21.0. The number of anilines is 1. The molecule has 0 aliphatic heterocycles. The first-order chi connectivity index (χ1) is 13.9. The summed E-state index contributed by atoms with van der Waals surface area (Å²) < 4.78 is 7.71. The molecule has 0 saturated carbocycles. The van der Waals surface area contributed by atoms with Crippen molar-refractivity contribution in [1.29, 1.82) is 0 Å². The van der Waals surface area contributed by atoms with Crippen LogP contribution in [0.2, 0.25) is 10.0 Å². The first kappa shape index (κ1) is 21.5. The minimum Gasteiger partial charge on any atom is -0.481 e. The van der Waals surface area contributed by atoms with Crippen molar-refractivity contribution >= 4 is 46.6 Å². The first-order valence-corrected chi connectivity index (χ1v) is 10.6. The van der Waals surface area contributed by atoms with Gasteiger partial charge in [0.05, 0.1) is 10.8 Å².